The van der Waals surface area contributed by atoms with Crippen LogP contribution < -0.4 is 31.8 Å². The van der Waals surface area contributed by atoms with Crippen LogP contribution in [0.5, 0.6) is 0 Å². The van der Waals surface area contributed by atoms with Gasteiger partial charge in [-0.05, 0) is 64.0 Å². The Hall–Kier alpha value is -6.24. The third-order valence-corrected chi connectivity index (χ3v) is 16.9. The van der Waals surface area contributed by atoms with E-state index in [-0.39, 0.29) is 0 Å². The van der Waals surface area contributed by atoms with Gasteiger partial charge in [0, 0.05) is 48.3 Å². The van der Waals surface area contributed by atoms with E-state index >= 15 is 9.13 Å². The average molecular weight is 744 g/mol. The molecule has 0 bridgehead atoms. The molecule has 0 radical (unpaired) electrons. The fourth-order valence-corrected chi connectivity index (χ4v) is 13.7. The SMILES string of the molecule is O=P(c1ccccc1)(c1ccccc1)c1cc(-n2c3cc4ccccc4cc3c3cc4ccccc4cc32)cc(P(=O)(c2ccccc2)c2ccccc2)c1. The standard InChI is InChI=1S/C50H35NO2P2/c52-54(41-21-5-1-6-22-41,42-23-7-2-8-24-42)45-33-40(34-46(35-45)55(53,43-25-9-3-10-26-43)44-27-11-4-12-28-44)51-49-31-38-19-15-13-17-36(38)29-47(49)48-30-37-18-14-16-20-39(37)32-50(48)51/h1-35H. The largest absolute Gasteiger partial charge is 0.309 e. The summed E-state index contributed by atoms with van der Waals surface area (Å²) >= 11 is 0. The third kappa shape index (κ3) is 5.43. The van der Waals surface area contributed by atoms with Crippen LogP contribution in [0.15, 0.2) is 212 Å². The summed E-state index contributed by atoms with van der Waals surface area (Å²) < 4.78 is 34.8. The van der Waals surface area contributed by atoms with E-state index < -0.39 is 14.3 Å². The van der Waals surface area contributed by atoms with Crippen molar-refractivity contribution in [3.63, 3.8) is 0 Å². The van der Waals surface area contributed by atoms with E-state index in [2.05, 4.69) is 89.5 Å². The van der Waals surface area contributed by atoms with Gasteiger partial charge in [-0.25, -0.2) is 0 Å². The van der Waals surface area contributed by atoms with Gasteiger partial charge in [-0.15, -0.1) is 0 Å². The van der Waals surface area contributed by atoms with Crippen molar-refractivity contribution in [2.75, 3.05) is 0 Å². The molecule has 0 aliphatic rings. The molecule has 0 spiro atoms. The first-order valence-corrected chi connectivity index (χ1v) is 21.9. The minimum Gasteiger partial charge on any atom is -0.309 e. The van der Waals surface area contributed by atoms with Crippen molar-refractivity contribution in [3.8, 4) is 5.69 Å². The van der Waals surface area contributed by atoms with Gasteiger partial charge in [0.05, 0.1) is 11.0 Å². The molecule has 0 aliphatic heterocycles. The van der Waals surface area contributed by atoms with Crippen LogP contribution in [-0.4, -0.2) is 4.57 Å². The Labute approximate surface area is 319 Å². The zero-order valence-electron chi connectivity index (χ0n) is 29.9. The van der Waals surface area contributed by atoms with Crippen molar-refractivity contribution in [1.29, 1.82) is 0 Å². The van der Waals surface area contributed by atoms with E-state index in [0.29, 0.717) is 10.6 Å². The molecule has 1 heterocycles. The van der Waals surface area contributed by atoms with E-state index in [1.165, 1.54) is 0 Å². The van der Waals surface area contributed by atoms with Crippen molar-refractivity contribution in [3.05, 3.63) is 212 Å². The van der Waals surface area contributed by atoms with Crippen LogP contribution in [0.4, 0.5) is 0 Å². The molecule has 0 atom stereocenters. The van der Waals surface area contributed by atoms with Gasteiger partial charge in [-0.3, -0.25) is 0 Å². The number of hydrogen-bond donors (Lipinski definition) is 0. The molecule has 0 fully saturated rings. The highest BCUT2D eigenvalue weighted by molar-refractivity contribution is 7.86. The Kier molecular flexibility index (Phi) is 8.03. The average Bonchev–Trinajstić information content (AvgIpc) is 3.56. The highest BCUT2D eigenvalue weighted by atomic mass is 31.2. The molecule has 0 unspecified atom stereocenters. The van der Waals surface area contributed by atoms with E-state index in [9.17, 15) is 0 Å². The van der Waals surface area contributed by atoms with Crippen LogP contribution in [0.3, 0.4) is 0 Å². The van der Waals surface area contributed by atoms with Gasteiger partial charge in [0.15, 0.2) is 14.3 Å². The quantitative estimate of drug-likeness (QED) is 0.153. The molecule has 0 aliphatic carbocycles. The maximum Gasteiger partial charge on any atom is 0.171 e. The first-order valence-electron chi connectivity index (χ1n) is 18.5. The van der Waals surface area contributed by atoms with Gasteiger partial charge < -0.3 is 13.7 Å². The summed E-state index contributed by atoms with van der Waals surface area (Å²) in [6.45, 7) is 0. The number of rotatable bonds is 7. The van der Waals surface area contributed by atoms with Gasteiger partial charge >= 0.3 is 0 Å². The molecule has 0 amide bonds. The molecule has 55 heavy (non-hydrogen) atoms. The van der Waals surface area contributed by atoms with Gasteiger partial charge in [0.2, 0.25) is 0 Å². The Morgan fingerprint density at radius 1 is 0.291 bits per heavy atom. The second-order valence-electron chi connectivity index (χ2n) is 14.0. The fourth-order valence-electron chi connectivity index (χ4n) is 8.18. The van der Waals surface area contributed by atoms with Crippen LogP contribution in [0.2, 0.25) is 0 Å². The first-order chi connectivity index (χ1) is 27.0. The first kappa shape index (κ1) is 33.3. The molecule has 0 N–H and O–H groups in total. The monoisotopic (exact) mass is 743 g/mol. The Bertz CT molecular complexity index is 2840. The molecule has 10 aromatic rings. The summed E-state index contributed by atoms with van der Waals surface area (Å²) in [6, 6.07) is 71.0. The maximum atomic E-state index is 16.3. The topological polar surface area (TPSA) is 39.1 Å². The highest BCUT2D eigenvalue weighted by Crippen LogP contribution is 2.47. The lowest BCUT2D eigenvalue weighted by Crippen LogP contribution is -2.31. The van der Waals surface area contributed by atoms with Crippen molar-refractivity contribution < 1.29 is 9.13 Å². The molecular formula is C50H35NO2P2. The number of hydrogen-bond acceptors (Lipinski definition) is 2. The van der Waals surface area contributed by atoms with Crippen molar-refractivity contribution in [2.24, 2.45) is 0 Å². The second-order valence-corrected chi connectivity index (χ2v) is 19.6. The third-order valence-electron chi connectivity index (χ3n) is 10.9. The van der Waals surface area contributed by atoms with Gasteiger partial charge in [-0.1, -0.05) is 170 Å². The number of fused-ring (bicyclic) bond motifs is 5. The predicted molar refractivity (Wildman–Crippen MR) is 235 cm³/mol. The van der Waals surface area contributed by atoms with Crippen LogP contribution in [-0.2, 0) is 9.13 Å². The molecule has 9 aromatic carbocycles. The number of aromatic nitrogens is 1. The lowest BCUT2D eigenvalue weighted by molar-refractivity contribution is 0.592. The van der Waals surface area contributed by atoms with Crippen molar-refractivity contribution in [1.82, 2.24) is 4.57 Å². The van der Waals surface area contributed by atoms with Crippen LogP contribution in [0.1, 0.15) is 0 Å². The summed E-state index contributed by atoms with van der Waals surface area (Å²) in [7, 11) is -7.04. The molecule has 1 aromatic heterocycles. The lowest BCUT2D eigenvalue weighted by atomic mass is 10.0. The Morgan fingerprint density at radius 3 is 0.909 bits per heavy atom. The van der Waals surface area contributed by atoms with E-state index in [0.717, 1.165) is 70.3 Å². The molecular weight excluding hydrogens is 709 g/mol. The summed E-state index contributed by atoms with van der Waals surface area (Å²) in [6.07, 6.45) is 0. The van der Waals surface area contributed by atoms with Crippen LogP contribution in [0, 0.1) is 0 Å². The van der Waals surface area contributed by atoms with Crippen molar-refractivity contribution in [2.45, 2.75) is 0 Å². The minimum atomic E-state index is -3.52. The second kappa shape index (κ2) is 13.3. The van der Waals surface area contributed by atoms with Crippen molar-refractivity contribution >= 4 is 89.5 Å². The lowest BCUT2D eigenvalue weighted by Gasteiger charge is -2.25. The van der Waals surface area contributed by atoms with E-state index in [1.54, 1.807) is 0 Å². The number of benzene rings is 9. The van der Waals surface area contributed by atoms with Crippen LogP contribution in [0.25, 0.3) is 49.0 Å². The summed E-state index contributed by atoms with van der Waals surface area (Å²) in [4.78, 5) is 0. The van der Waals surface area contributed by atoms with Gasteiger partial charge in [0.1, 0.15) is 0 Å². The number of nitrogens with zero attached hydrogens (tertiary/aromatic N) is 1. The molecule has 5 heteroatoms. The smallest absolute Gasteiger partial charge is 0.171 e. The van der Waals surface area contributed by atoms with E-state index in [1.807, 2.05) is 127 Å². The zero-order valence-corrected chi connectivity index (χ0v) is 31.7. The normalized spacial score (nSPS) is 12.1. The maximum absolute atomic E-state index is 16.3. The Morgan fingerprint density at radius 2 is 0.582 bits per heavy atom. The zero-order chi connectivity index (χ0) is 37.0. The van der Waals surface area contributed by atoms with Gasteiger partial charge in [-0.2, -0.15) is 0 Å². The summed E-state index contributed by atoms with van der Waals surface area (Å²) in [5.74, 6) is 0. The predicted octanol–water partition coefficient (Wildman–Crippen LogP) is 10.4. The minimum absolute atomic E-state index is 0.626. The van der Waals surface area contributed by atoms with Crippen LogP contribution >= 0.6 is 14.3 Å². The molecule has 262 valence electrons. The summed E-state index contributed by atoms with van der Waals surface area (Å²) in [5.41, 5.74) is 2.85. The fraction of sp³-hybridized carbons (Fsp3) is 0. The molecule has 0 saturated carbocycles. The highest BCUT2D eigenvalue weighted by Gasteiger charge is 2.35. The summed E-state index contributed by atoms with van der Waals surface area (Å²) in [5, 5.41) is 10.9. The molecule has 0 saturated heterocycles. The molecule has 3 nitrogen and oxygen atoms in total. The van der Waals surface area contributed by atoms with E-state index in [4.69, 9.17) is 0 Å². The molecule has 10 rings (SSSR count). The van der Waals surface area contributed by atoms with Gasteiger partial charge in [0.25, 0.3) is 0 Å². The Balaban J connectivity index is 1.38.